The van der Waals surface area contributed by atoms with Crippen molar-refractivity contribution < 1.29 is 31.9 Å². The molecule has 0 aliphatic carbocycles. The predicted molar refractivity (Wildman–Crippen MR) is 142 cm³/mol. The Bertz CT molecular complexity index is 1390. The fourth-order valence-corrected chi connectivity index (χ4v) is 5.88. The van der Waals surface area contributed by atoms with Crippen molar-refractivity contribution in [2.24, 2.45) is 0 Å². The molecule has 2 amide bonds. The summed E-state index contributed by atoms with van der Waals surface area (Å²) in [5.74, 6) is -0.896. The van der Waals surface area contributed by atoms with E-state index in [2.05, 4.69) is 15.4 Å². The standard InChI is InChI=1S/C27H28F4N6O3S/c1-40-20-7-3-2-6-19(20)24(38)37-25(41-16-17-8-10-18(28)11-9-17)33-23(34-37)21-22(27(29,30)31)32-12-15-36(21)26(39)35-13-4-5-14-35/h2-3,6-11,21-22,32H,4-5,12-16H2,1H3. The van der Waals surface area contributed by atoms with Gasteiger partial charge < -0.3 is 19.9 Å². The molecule has 2 aromatic carbocycles. The lowest BCUT2D eigenvalue weighted by Crippen LogP contribution is -2.61. The minimum Gasteiger partial charge on any atom is -0.496 e. The number of rotatable bonds is 6. The van der Waals surface area contributed by atoms with E-state index in [0.717, 1.165) is 34.2 Å². The molecular formula is C27H28F4N6O3S. The van der Waals surface area contributed by atoms with Gasteiger partial charge in [-0.3, -0.25) is 4.79 Å². The number of aromatic nitrogens is 3. The molecular weight excluding hydrogens is 564 g/mol. The number of benzene rings is 2. The average molecular weight is 593 g/mol. The number of para-hydroxylation sites is 1. The maximum absolute atomic E-state index is 14.3. The third-order valence-electron chi connectivity index (χ3n) is 7.01. The smallest absolute Gasteiger partial charge is 0.406 e. The Morgan fingerprint density at radius 3 is 2.46 bits per heavy atom. The highest BCUT2D eigenvalue weighted by Crippen LogP contribution is 2.37. The van der Waals surface area contributed by atoms with Crippen molar-refractivity contribution in [2.45, 2.75) is 42.0 Å². The summed E-state index contributed by atoms with van der Waals surface area (Å²) in [6.07, 6.45) is -3.18. The molecule has 2 atom stereocenters. The summed E-state index contributed by atoms with van der Waals surface area (Å²) in [6, 6.07) is 7.83. The van der Waals surface area contributed by atoms with Crippen LogP contribution in [0.25, 0.3) is 0 Å². The molecule has 0 spiro atoms. The van der Waals surface area contributed by atoms with E-state index in [1.807, 2.05) is 0 Å². The normalized spacial score (nSPS) is 19.4. The number of halogens is 4. The Hall–Kier alpha value is -3.65. The van der Waals surface area contributed by atoms with Crippen LogP contribution in [-0.4, -0.2) is 82.0 Å². The molecule has 1 aromatic heterocycles. The summed E-state index contributed by atoms with van der Waals surface area (Å²) in [5.41, 5.74) is 0.838. The maximum atomic E-state index is 14.3. The third-order valence-corrected chi connectivity index (χ3v) is 8.01. The van der Waals surface area contributed by atoms with Gasteiger partial charge in [-0.2, -0.15) is 17.9 Å². The molecule has 3 heterocycles. The quantitative estimate of drug-likeness (QED) is 0.333. The molecule has 3 aromatic rings. The van der Waals surface area contributed by atoms with Gasteiger partial charge in [0.25, 0.3) is 5.91 Å². The van der Waals surface area contributed by atoms with Crippen molar-refractivity contribution in [3.05, 3.63) is 71.3 Å². The van der Waals surface area contributed by atoms with Gasteiger partial charge in [0.1, 0.15) is 23.7 Å². The SMILES string of the molecule is COc1ccccc1C(=O)n1nc(C2C(C(F)(F)F)NCCN2C(=O)N2CCCC2)nc1SCc1ccc(F)cc1. The van der Waals surface area contributed by atoms with Gasteiger partial charge in [0.15, 0.2) is 11.0 Å². The highest BCUT2D eigenvalue weighted by atomic mass is 32.2. The number of ether oxygens (including phenoxy) is 1. The molecule has 14 heteroatoms. The molecule has 2 unspecified atom stereocenters. The maximum Gasteiger partial charge on any atom is 0.406 e. The van der Waals surface area contributed by atoms with Crippen LogP contribution in [0.2, 0.25) is 0 Å². The Labute approximate surface area is 237 Å². The molecule has 9 nitrogen and oxygen atoms in total. The topological polar surface area (TPSA) is 92.6 Å². The first-order chi connectivity index (χ1) is 19.7. The number of amides is 2. The van der Waals surface area contributed by atoms with Crippen LogP contribution in [0.4, 0.5) is 22.4 Å². The van der Waals surface area contributed by atoms with E-state index in [1.165, 1.54) is 30.2 Å². The van der Waals surface area contributed by atoms with Crippen molar-refractivity contribution in [1.82, 2.24) is 29.9 Å². The van der Waals surface area contributed by atoms with E-state index in [4.69, 9.17) is 4.74 Å². The van der Waals surface area contributed by atoms with Crippen molar-refractivity contribution in [1.29, 1.82) is 0 Å². The number of methoxy groups -OCH3 is 1. The second-order valence-corrected chi connectivity index (χ2v) is 10.6. The van der Waals surface area contributed by atoms with Gasteiger partial charge in [-0.25, -0.2) is 14.2 Å². The highest BCUT2D eigenvalue weighted by molar-refractivity contribution is 7.98. The third kappa shape index (κ3) is 6.17. The van der Waals surface area contributed by atoms with Crippen LogP contribution >= 0.6 is 11.8 Å². The van der Waals surface area contributed by atoms with E-state index < -0.39 is 36.0 Å². The predicted octanol–water partition coefficient (Wildman–Crippen LogP) is 4.50. The number of likely N-dealkylation sites (tertiary alicyclic amines) is 1. The van der Waals surface area contributed by atoms with Crippen LogP contribution in [0, 0.1) is 5.82 Å². The van der Waals surface area contributed by atoms with E-state index in [-0.39, 0.29) is 41.1 Å². The zero-order chi connectivity index (χ0) is 29.1. The average Bonchev–Trinajstić information content (AvgIpc) is 3.66. The van der Waals surface area contributed by atoms with Crippen LogP contribution < -0.4 is 10.1 Å². The fraction of sp³-hybridized carbons (Fsp3) is 0.407. The number of thioether (sulfide) groups is 1. The first-order valence-corrected chi connectivity index (χ1v) is 14.0. The second-order valence-electron chi connectivity index (χ2n) is 9.67. The summed E-state index contributed by atoms with van der Waals surface area (Å²) in [7, 11) is 1.40. The van der Waals surface area contributed by atoms with Crippen LogP contribution in [0.5, 0.6) is 5.75 Å². The lowest BCUT2D eigenvalue weighted by molar-refractivity contribution is -0.176. The molecule has 218 valence electrons. The summed E-state index contributed by atoms with van der Waals surface area (Å²) < 4.78 is 62.7. The molecule has 41 heavy (non-hydrogen) atoms. The van der Waals surface area contributed by atoms with Gasteiger partial charge in [0, 0.05) is 31.9 Å². The van der Waals surface area contributed by atoms with Crippen molar-refractivity contribution in [2.75, 3.05) is 33.3 Å². The van der Waals surface area contributed by atoms with Gasteiger partial charge in [-0.1, -0.05) is 36.0 Å². The minimum absolute atomic E-state index is 0.0135. The highest BCUT2D eigenvalue weighted by Gasteiger charge is 2.52. The number of hydrogen-bond acceptors (Lipinski definition) is 7. The summed E-state index contributed by atoms with van der Waals surface area (Å²) >= 11 is 1.06. The van der Waals surface area contributed by atoms with Gasteiger partial charge in [0.2, 0.25) is 0 Å². The first kappa shape index (κ1) is 28.9. The van der Waals surface area contributed by atoms with Crippen molar-refractivity contribution >= 4 is 23.7 Å². The molecule has 0 bridgehead atoms. The molecule has 0 radical (unpaired) electrons. The van der Waals surface area contributed by atoms with Crippen molar-refractivity contribution in [3.63, 3.8) is 0 Å². The van der Waals surface area contributed by atoms with E-state index in [1.54, 1.807) is 30.3 Å². The van der Waals surface area contributed by atoms with Gasteiger partial charge in [0.05, 0.1) is 12.7 Å². The second kappa shape index (κ2) is 12.1. The van der Waals surface area contributed by atoms with Crippen molar-refractivity contribution in [3.8, 4) is 5.75 Å². The number of carbonyl (C=O) groups is 2. The Kier molecular flexibility index (Phi) is 8.50. The number of hydrogen-bond donors (Lipinski definition) is 1. The number of carbonyl (C=O) groups excluding carboxylic acids is 2. The molecule has 2 aliphatic heterocycles. The van der Waals surface area contributed by atoms with Gasteiger partial charge in [-0.05, 0) is 42.7 Å². The monoisotopic (exact) mass is 592 g/mol. The van der Waals surface area contributed by atoms with E-state index in [0.29, 0.717) is 18.7 Å². The number of nitrogens with zero attached hydrogens (tertiary/aromatic N) is 5. The zero-order valence-electron chi connectivity index (χ0n) is 22.1. The number of alkyl halides is 3. The molecule has 5 rings (SSSR count). The van der Waals surface area contributed by atoms with Gasteiger partial charge in [-0.15, -0.1) is 5.10 Å². The van der Waals surface area contributed by atoms with Crippen LogP contribution in [0.3, 0.4) is 0 Å². The molecule has 2 aliphatic rings. The fourth-order valence-electron chi connectivity index (χ4n) is 4.99. The number of urea groups is 1. The summed E-state index contributed by atoms with van der Waals surface area (Å²) in [6.45, 7) is 0.866. The van der Waals surface area contributed by atoms with Crippen LogP contribution in [0.1, 0.15) is 40.6 Å². The lowest BCUT2D eigenvalue weighted by Gasteiger charge is -2.42. The number of nitrogens with one attached hydrogen (secondary N) is 1. The molecule has 1 N–H and O–H groups in total. The first-order valence-electron chi connectivity index (χ1n) is 13.0. The minimum atomic E-state index is -4.73. The van der Waals surface area contributed by atoms with E-state index >= 15 is 0 Å². The Balaban J connectivity index is 1.57. The Morgan fingerprint density at radius 1 is 1.07 bits per heavy atom. The Morgan fingerprint density at radius 2 is 1.78 bits per heavy atom. The lowest BCUT2D eigenvalue weighted by atomic mass is 10.0. The van der Waals surface area contributed by atoms with Gasteiger partial charge >= 0.3 is 12.2 Å². The summed E-state index contributed by atoms with van der Waals surface area (Å²) in [4.78, 5) is 34.2. The molecule has 0 saturated carbocycles. The molecule has 2 fully saturated rings. The van der Waals surface area contributed by atoms with E-state index in [9.17, 15) is 27.2 Å². The largest absolute Gasteiger partial charge is 0.496 e. The zero-order valence-corrected chi connectivity index (χ0v) is 22.9. The number of piperazine rings is 1. The van der Waals surface area contributed by atoms with Crippen LogP contribution in [-0.2, 0) is 5.75 Å². The van der Waals surface area contributed by atoms with Crippen LogP contribution in [0.15, 0.2) is 53.7 Å². The molecule has 2 saturated heterocycles. The summed E-state index contributed by atoms with van der Waals surface area (Å²) in [5, 5.41) is 6.81.